The Morgan fingerprint density at radius 3 is 2.84 bits per heavy atom. The molecule has 1 aromatic carbocycles. The quantitative estimate of drug-likeness (QED) is 0.926. The van der Waals surface area contributed by atoms with Crippen LogP contribution in [0.4, 0.5) is 0 Å². The van der Waals surface area contributed by atoms with Crippen LogP contribution in [0.2, 0.25) is 0 Å². The minimum atomic E-state index is -0.343. The summed E-state index contributed by atoms with van der Waals surface area (Å²) in [4.78, 5) is 3.71. The van der Waals surface area contributed by atoms with Gasteiger partial charge in [0.15, 0.2) is 0 Å². The molecule has 0 aliphatic heterocycles. The fraction of sp³-hybridized carbons (Fsp3) is 0.375. The molecule has 1 heterocycles. The highest BCUT2D eigenvalue weighted by molar-refractivity contribution is 7.09. The first kappa shape index (κ1) is 12.9. The van der Waals surface area contributed by atoms with E-state index in [4.69, 9.17) is 0 Å². The van der Waals surface area contributed by atoms with Gasteiger partial charge < -0.3 is 5.11 Å². The van der Waals surface area contributed by atoms with Crippen LogP contribution in [0.25, 0.3) is 0 Å². The van der Waals surface area contributed by atoms with Crippen molar-refractivity contribution in [3.63, 3.8) is 0 Å². The molecule has 2 nitrogen and oxygen atoms in total. The number of rotatable bonds is 4. The lowest BCUT2D eigenvalue weighted by atomic mass is 10.1. The van der Waals surface area contributed by atoms with E-state index < -0.39 is 0 Å². The molecule has 1 aromatic heterocycles. The van der Waals surface area contributed by atoms with Crippen molar-refractivity contribution in [2.75, 3.05) is 13.6 Å². The second kappa shape index (κ2) is 5.45. The Hall–Kier alpha value is -1.16. The lowest BCUT2D eigenvalue weighted by Gasteiger charge is -2.27. The molecule has 0 amide bonds. The van der Waals surface area contributed by atoms with Crippen molar-refractivity contribution < 1.29 is 5.11 Å². The molecule has 0 fully saturated rings. The number of hydrogen-bond acceptors (Lipinski definition) is 3. The second-order valence-corrected chi connectivity index (χ2v) is 6.26. The Balaban J connectivity index is 1.64. The normalized spacial score (nSPS) is 21.8. The zero-order valence-corrected chi connectivity index (χ0v) is 11.9. The molecule has 2 atom stereocenters. The number of aliphatic hydroxyl groups is 1. The van der Waals surface area contributed by atoms with Gasteiger partial charge in [0.2, 0.25) is 0 Å². The van der Waals surface area contributed by atoms with Crippen molar-refractivity contribution in [1.29, 1.82) is 0 Å². The average Bonchev–Trinajstić information content (AvgIpc) is 3.05. The molecule has 0 bridgehead atoms. The SMILES string of the molecule is CN(CCc1cccs1)[C@@H]1Cc2ccccc2[C@@H]1O. The number of aliphatic hydroxyl groups excluding tert-OH is 1. The van der Waals surface area contributed by atoms with Crippen LogP contribution in [0.3, 0.4) is 0 Å². The number of hydrogen-bond donors (Lipinski definition) is 1. The fourth-order valence-corrected chi connectivity index (χ4v) is 3.56. The average molecular weight is 273 g/mol. The number of fused-ring (bicyclic) bond motifs is 1. The number of nitrogens with zero attached hydrogens (tertiary/aromatic N) is 1. The van der Waals surface area contributed by atoms with Gasteiger partial charge in [-0.1, -0.05) is 30.3 Å². The van der Waals surface area contributed by atoms with E-state index in [2.05, 4.69) is 41.6 Å². The van der Waals surface area contributed by atoms with E-state index in [0.717, 1.165) is 24.9 Å². The highest BCUT2D eigenvalue weighted by Crippen LogP contribution is 2.33. The minimum Gasteiger partial charge on any atom is -0.387 e. The second-order valence-electron chi connectivity index (χ2n) is 5.23. The van der Waals surface area contributed by atoms with Crippen LogP contribution >= 0.6 is 11.3 Å². The first-order chi connectivity index (χ1) is 9.25. The first-order valence-corrected chi connectivity index (χ1v) is 7.62. The van der Waals surface area contributed by atoms with Crippen molar-refractivity contribution in [3.8, 4) is 0 Å². The standard InChI is InChI=1S/C16H19NOS/c1-17(9-8-13-6-4-10-19-13)15-11-12-5-2-3-7-14(12)16(15)18/h2-7,10,15-16,18H,8-9,11H2,1H3/t15-,16+/m1/s1. The molecule has 2 aromatic rings. The Kier molecular flexibility index (Phi) is 3.69. The van der Waals surface area contributed by atoms with Crippen LogP contribution in [-0.4, -0.2) is 29.6 Å². The van der Waals surface area contributed by atoms with E-state index in [1.54, 1.807) is 11.3 Å². The molecule has 0 saturated carbocycles. The molecular weight excluding hydrogens is 254 g/mol. The summed E-state index contributed by atoms with van der Waals surface area (Å²) in [5.74, 6) is 0. The molecule has 100 valence electrons. The van der Waals surface area contributed by atoms with Gasteiger partial charge in [0, 0.05) is 17.5 Å². The number of likely N-dealkylation sites (N-methyl/N-ethyl adjacent to an activating group) is 1. The maximum atomic E-state index is 10.4. The maximum Gasteiger partial charge on any atom is 0.0950 e. The van der Waals surface area contributed by atoms with Crippen molar-refractivity contribution >= 4 is 11.3 Å². The molecule has 3 heteroatoms. The molecule has 0 saturated heterocycles. The summed E-state index contributed by atoms with van der Waals surface area (Å²) in [5.41, 5.74) is 2.40. The third kappa shape index (κ3) is 2.59. The summed E-state index contributed by atoms with van der Waals surface area (Å²) in [7, 11) is 2.12. The molecule has 1 aliphatic carbocycles. The molecular formula is C16H19NOS. The van der Waals surface area contributed by atoms with Gasteiger partial charge in [-0.15, -0.1) is 11.3 Å². The lowest BCUT2D eigenvalue weighted by molar-refractivity contribution is 0.0768. The van der Waals surface area contributed by atoms with Crippen molar-refractivity contribution in [3.05, 3.63) is 57.8 Å². The summed E-state index contributed by atoms with van der Waals surface area (Å²) < 4.78 is 0. The maximum absolute atomic E-state index is 10.4. The third-order valence-corrected chi connectivity index (χ3v) is 4.96. The minimum absolute atomic E-state index is 0.220. The van der Waals surface area contributed by atoms with Gasteiger partial charge in [-0.3, -0.25) is 4.90 Å². The monoisotopic (exact) mass is 273 g/mol. The van der Waals surface area contributed by atoms with Crippen molar-refractivity contribution in [1.82, 2.24) is 4.90 Å². The van der Waals surface area contributed by atoms with E-state index in [1.807, 2.05) is 12.1 Å². The van der Waals surface area contributed by atoms with Gasteiger partial charge in [0.05, 0.1) is 6.10 Å². The molecule has 1 N–H and O–H groups in total. The fourth-order valence-electron chi connectivity index (χ4n) is 2.86. The summed E-state index contributed by atoms with van der Waals surface area (Å²) in [6.45, 7) is 0.996. The van der Waals surface area contributed by atoms with E-state index >= 15 is 0 Å². The molecule has 3 rings (SSSR count). The van der Waals surface area contributed by atoms with E-state index in [0.29, 0.717) is 0 Å². The predicted molar refractivity (Wildman–Crippen MR) is 79.5 cm³/mol. The van der Waals surface area contributed by atoms with Gasteiger partial charge in [-0.2, -0.15) is 0 Å². The Labute approximate surface area is 118 Å². The van der Waals surface area contributed by atoms with Crippen LogP contribution in [0.15, 0.2) is 41.8 Å². The zero-order valence-electron chi connectivity index (χ0n) is 11.1. The summed E-state index contributed by atoms with van der Waals surface area (Å²) >= 11 is 1.81. The largest absolute Gasteiger partial charge is 0.387 e. The molecule has 0 unspecified atom stereocenters. The lowest BCUT2D eigenvalue weighted by Crippen LogP contribution is -2.36. The van der Waals surface area contributed by atoms with Crippen molar-refractivity contribution in [2.45, 2.75) is 25.0 Å². The molecule has 0 spiro atoms. The van der Waals surface area contributed by atoms with Gasteiger partial charge in [0.1, 0.15) is 0 Å². The summed E-state index contributed by atoms with van der Waals surface area (Å²) in [6.07, 6.45) is 1.68. The van der Waals surface area contributed by atoms with Gasteiger partial charge in [-0.05, 0) is 42.5 Å². The molecule has 19 heavy (non-hydrogen) atoms. The van der Waals surface area contributed by atoms with Crippen LogP contribution in [0.1, 0.15) is 22.1 Å². The Morgan fingerprint density at radius 2 is 2.11 bits per heavy atom. The highest BCUT2D eigenvalue weighted by Gasteiger charge is 2.32. The topological polar surface area (TPSA) is 23.5 Å². The van der Waals surface area contributed by atoms with Gasteiger partial charge >= 0.3 is 0 Å². The highest BCUT2D eigenvalue weighted by atomic mass is 32.1. The first-order valence-electron chi connectivity index (χ1n) is 6.74. The van der Waals surface area contributed by atoms with E-state index in [9.17, 15) is 5.11 Å². The van der Waals surface area contributed by atoms with Gasteiger partial charge in [0.25, 0.3) is 0 Å². The smallest absolute Gasteiger partial charge is 0.0950 e. The van der Waals surface area contributed by atoms with E-state index in [1.165, 1.54) is 10.4 Å². The summed E-state index contributed by atoms with van der Waals surface area (Å²) in [6, 6.07) is 12.7. The Bertz CT molecular complexity index is 537. The van der Waals surface area contributed by atoms with Crippen LogP contribution in [0, 0.1) is 0 Å². The zero-order chi connectivity index (χ0) is 13.2. The third-order valence-electron chi connectivity index (χ3n) is 4.02. The van der Waals surface area contributed by atoms with Crippen LogP contribution in [0.5, 0.6) is 0 Å². The number of thiophene rings is 1. The van der Waals surface area contributed by atoms with Crippen molar-refractivity contribution in [2.24, 2.45) is 0 Å². The molecule has 1 aliphatic rings. The van der Waals surface area contributed by atoms with E-state index in [-0.39, 0.29) is 12.1 Å². The predicted octanol–water partition coefficient (Wildman–Crippen LogP) is 2.88. The Morgan fingerprint density at radius 1 is 1.26 bits per heavy atom. The summed E-state index contributed by atoms with van der Waals surface area (Å²) in [5, 5.41) is 12.6. The van der Waals surface area contributed by atoms with Gasteiger partial charge in [-0.25, -0.2) is 0 Å². The van der Waals surface area contributed by atoms with Crippen LogP contribution in [-0.2, 0) is 12.8 Å². The number of benzene rings is 1. The van der Waals surface area contributed by atoms with Crippen LogP contribution < -0.4 is 0 Å². The molecule has 0 radical (unpaired) electrons.